The van der Waals surface area contributed by atoms with Gasteiger partial charge < -0.3 is 0 Å². The summed E-state index contributed by atoms with van der Waals surface area (Å²) in [5.74, 6) is 1.25. The summed E-state index contributed by atoms with van der Waals surface area (Å²) in [6.45, 7) is 5.03. The van der Waals surface area contributed by atoms with Gasteiger partial charge in [-0.3, -0.25) is 9.80 Å². The second kappa shape index (κ2) is 6.29. The van der Waals surface area contributed by atoms with Gasteiger partial charge in [0.15, 0.2) is 0 Å². The Bertz CT molecular complexity index is 395. The molecule has 0 bridgehead atoms. The van der Waals surface area contributed by atoms with Gasteiger partial charge in [-0.1, -0.05) is 30.3 Å². The van der Waals surface area contributed by atoms with Gasteiger partial charge in [0.25, 0.3) is 0 Å². The molecular formula is C16H24N2S. The fraction of sp³-hybridized carbons (Fsp3) is 0.625. The molecule has 2 nitrogen and oxygen atoms in total. The van der Waals surface area contributed by atoms with Gasteiger partial charge in [0.1, 0.15) is 0 Å². The predicted molar refractivity (Wildman–Crippen MR) is 83.7 cm³/mol. The fourth-order valence-corrected chi connectivity index (χ4v) is 3.94. The molecule has 0 N–H and O–H groups in total. The van der Waals surface area contributed by atoms with Crippen molar-refractivity contribution in [1.82, 2.24) is 9.80 Å². The van der Waals surface area contributed by atoms with Gasteiger partial charge in [-0.2, -0.15) is 11.8 Å². The van der Waals surface area contributed by atoms with Crippen LogP contribution in [0.25, 0.3) is 0 Å². The normalized spacial score (nSPS) is 28.5. The Hall–Kier alpha value is -0.510. The lowest BCUT2D eigenvalue weighted by molar-refractivity contribution is 0.0554. The third-order valence-corrected chi connectivity index (χ3v) is 5.15. The highest BCUT2D eigenvalue weighted by Crippen LogP contribution is 2.32. The maximum absolute atomic E-state index is 2.72. The van der Waals surface area contributed by atoms with E-state index in [0.717, 1.165) is 6.04 Å². The highest BCUT2D eigenvalue weighted by molar-refractivity contribution is 7.98. The van der Waals surface area contributed by atoms with Crippen LogP contribution in [0, 0.1) is 0 Å². The zero-order valence-electron chi connectivity index (χ0n) is 11.8. The van der Waals surface area contributed by atoms with E-state index in [1.807, 2.05) is 11.8 Å². The monoisotopic (exact) mass is 276 g/mol. The Labute approximate surface area is 121 Å². The molecule has 0 amide bonds. The summed E-state index contributed by atoms with van der Waals surface area (Å²) in [6.07, 6.45) is 5.00. The Balaban J connectivity index is 1.77. The lowest BCUT2D eigenvalue weighted by Crippen LogP contribution is -2.52. The topological polar surface area (TPSA) is 6.48 Å². The summed E-state index contributed by atoms with van der Waals surface area (Å²) in [6, 6.07) is 12.5. The van der Waals surface area contributed by atoms with Crippen molar-refractivity contribution in [1.29, 1.82) is 0 Å². The van der Waals surface area contributed by atoms with Gasteiger partial charge in [-0.25, -0.2) is 0 Å². The molecule has 2 unspecified atom stereocenters. The van der Waals surface area contributed by atoms with E-state index in [1.165, 1.54) is 50.3 Å². The van der Waals surface area contributed by atoms with Gasteiger partial charge >= 0.3 is 0 Å². The minimum absolute atomic E-state index is 0.600. The molecule has 1 aromatic carbocycles. The second-order valence-electron chi connectivity index (χ2n) is 5.71. The van der Waals surface area contributed by atoms with E-state index in [4.69, 9.17) is 0 Å². The highest BCUT2D eigenvalue weighted by atomic mass is 32.2. The quantitative estimate of drug-likeness (QED) is 0.835. The van der Waals surface area contributed by atoms with Crippen LogP contribution in [0.3, 0.4) is 0 Å². The van der Waals surface area contributed by atoms with Crippen molar-refractivity contribution in [2.24, 2.45) is 0 Å². The van der Waals surface area contributed by atoms with Crippen LogP contribution >= 0.6 is 11.8 Å². The average molecular weight is 276 g/mol. The van der Waals surface area contributed by atoms with Crippen LogP contribution in [0.15, 0.2) is 30.3 Å². The number of piperazine rings is 1. The first-order valence-corrected chi connectivity index (χ1v) is 8.80. The summed E-state index contributed by atoms with van der Waals surface area (Å²) in [5.41, 5.74) is 1.49. The van der Waals surface area contributed by atoms with E-state index in [9.17, 15) is 0 Å². The zero-order valence-corrected chi connectivity index (χ0v) is 12.6. The molecule has 2 heterocycles. The Morgan fingerprint density at radius 1 is 1.21 bits per heavy atom. The molecule has 2 aliphatic heterocycles. The van der Waals surface area contributed by atoms with E-state index < -0.39 is 0 Å². The summed E-state index contributed by atoms with van der Waals surface area (Å²) < 4.78 is 0. The van der Waals surface area contributed by atoms with Gasteiger partial charge in [0.2, 0.25) is 0 Å². The van der Waals surface area contributed by atoms with Crippen molar-refractivity contribution in [2.45, 2.75) is 24.9 Å². The van der Waals surface area contributed by atoms with Gasteiger partial charge in [0, 0.05) is 37.5 Å². The van der Waals surface area contributed by atoms with E-state index in [-0.39, 0.29) is 0 Å². The van der Waals surface area contributed by atoms with Gasteiger partial charge in [-0.15, -0.1) is 0 Å². The first-order valence-electron chi connectivity index (χ1n) is 7.40. The molecule has 104 valence electrons. The van der Waals surface area contributed by atoms with Crippen molar-refractivity contribution < 1.29 is 0 Å². The molecule has 19 heavy (non-hydrogen) atoms. The van der Waals surface area contributed by atoms with E-state index in [1.54, 1.807) is 0 Å². The number of thioether (sulfide) groups is 1. The molecule has 2 fully saturated rings. The molecule has 0 saturated carbocycles. The standard InChI is InChI=1S/C16H24N2S/c1-19-11-10-18-12-15-8-5-9-17(15)13-16(18)14-6-3-2-4-7-14/h2-4,6-7,15-16H,5,8-13H2,1H3. The summed E-state index contributed by atoms with van der Waals surface area (Å²) in [5, 5.41) is 0. The fourth-order valence-electron chi connectivity index (χ4n) is 3.52. The average Bonchev–Trinajstić information content (AvgIpc) is 2.92. The zero-order chi connectivity index (χ0) is 13.1. The van der Waals surface area contributed by atoms with Crippen molar-refractivity contribution in [3.05, 3.63) is 35.9 Å². The first kappa shape index (κ1) is 13.5. The van der Waals surface area contributed by atoms with Crippen LogP contribution in [0.5, 0.6) is 0 Å². The smallest absolute Gasteiger partial charge is 0.0476 e. The van der Waals surface area contributed by atoms with E-state index in [2.05, 4.69) is 46.4 Å². The molecule has 0 spiro atoms. The summed E-state index contributed by atoms with van der Waals surface area (Å²) in [4.78, 5) is 5.44. The number of fused-ring (bicyclic) bond motifs is 1. The van der Waals surface area contributed by atoms with Crippen molar-refractivity contribution in [3.63, 3.8) is 0 Å². The molecule has 0 aliphatic carbocycles. The molecule has 2 saturated heterocycles. The molecule has 0 aromatic heterocycles. The van der Waals surface area contributed by atoms with Crippen LogP contribution in [0.4, 0.5) is 0 Å². The van der Waals surface area contributed by atoms with Crippen LogP contribution in [0.2, 0.25) is 0 Å². The number of hydrogen-bond acceptors (Lipinski definition) is 3. The first-order chi connectivity index (χ1) is 9.38. The van der Waals surface area contributed by atoms with Crippen molar-refractivity contribution in [2.75, 3.05) is 38.2 Å². The SMILES string of the molecule is CSCCN1CC2CCCN2CC1c1ccccc1. The largest absolute Gasteiger partial charge is 0.297 e. The Kier molecular flexibility index (Phi) is 4.46. The van der Waals surface area contributed by atoms with Crippen LogP contribution < -0.4 is 0 Å². The van der Waals surface area contributed by atoms with Crippen LogP contribution in [0.1, 0.15) is 24.4 Å². The number of nitrogens with zero attached hydrogens (tertiary/aromatic N) is 2. The van der Waals surface area contributed by atoms with E-state index >= 15 is 0 Å². The summed E-state index contributed by atoms with van der Waals surface area (Å²) >= 11 is 1.96. The van der Waals surface area contributed by atoms with Gasteiger partial charge in [-0.05, 0) is 31.2 Å². The van der Waals surface area contributed by atoms with Crippen LogP contribution in [-0.4, -0.2) is 54.0 Å². The molecule has 2 atom stereocenters. The molecule has 0 radical (unpaired) electrons. The lowest BCUT2D eigenvalue weighted by Gasteiger charge is -2.44. The van der Waals surface area contributed by atoms with Gasteiger partial charge in [0.05, 0.1) is 0 Å². The third kappa shape index (κ3) is 2.99. The lowest BCUT2D eigenvalue weighted by atomic mass is 10.00. The predicted octanol–water partition coefficient (Wildman–Crippen LogP) is 2.87. The van der Waals surface area contributed by atoms with E-state index in [0.29, 0.717) is 6.04 Å². The number of rotatable bonds is 4. The Morgan fingerprint density at radius 2 is 2.05 bits per heavy atom. The molecule has 1 aromatic rings. The maximum Gasteiger partial charge on any atom is 0.0476 e. The minimum atomic E-state index is 0.600. The second-order valence-corrected chi connectivity index (χ2v) is 6.69. The molecule has 3 heteroatoms. The van der Waals surface area contributed by atoms with Crippen LogP contribution in [-0.2, 0) is 0 Å². The molecular weight excluding hydrogens is 252 g/mol. The molecule has 2 aliphatic rings. The Morgan fingerprint density at radius 3 is 2.84 bits per heavy atom. The third-order valence-electron chi connectivity index (χ3n) is 4.56. The maximum atomic E-state index is 2.72. The number of benzene rings is 1. The molecule has 3 rings (SSSR count). The van der Waals surface area contributed by atoms with Crippen molar-refractivity contribution in [3.8, 4) is 0 Å². The highest BCUT2D eigenvalue weighted by Gasteiger charge is 2.36. The van der Waals surface area contributed by atoms with Crippen molar-refractivity contribution >= 4 is 11.8 Å². The summed E-state index contributed by atoms with van der Waals surface area (Å²) in [7, 11) is 0. The minimum Gasteiger partial charge on any atom is -0.297 e. The number of hydrogen-bond donors (Lipinski definition) is 0.